The molecule has 0 spiro atoms. The highest BCUT2D eigenvalue weighted by Crippen LogP contribution is 2.32. The SMILES string of the molecule is CNCCOc1nc2[nH]ccc2cc1C(C)(C)C. The lowest BCUT2D eigenvalue weighted by Crippen LogP contribution is -2.19. The Bertz CT molecular complexity index is 525. The maximum absolute atomic E-state index is 5.79. The van der Waals surface area contributed by atoms with Crippen LogP contribution in [0.15, 0.2) is 18.3 Å². The Morgan fingerprint density at radius 3 is 2.83 bits per heavy atom. The van der Waals surface area contributed by atoms with Crippen LogP contribution in [0.4, 0.5) is 0 Å². The van der Waals surface area contributed by atoms with Gasteiger partial charge in [0.2, 0.25) is 5.88 Å². The first-order valence-electron chi connectivity index (χ1n) is 6.28. The van der Waals surface area contributed by atoms with Crippen molar-refractivity contribution in [1.82, 2.24) is 15.3 Å². The highest BCUT2D eigenvalue weighted by molar-refractivity contribution is 5.77. The zero-order chi connectivity index (χ0) is 13.2. The molecule has 0 saturated heterocycles. The number of hydrogen-bond donors (Lipinski definition) is 2. The molecule has 0 aromatic carbocycles. The molecule has 2 aromatic rings. The van der Waals surface area contributed by atoms with Gasteiger partial charge in [0.1, 0.15) is 12.3 Å². The van der Waals surface area contributed by atoms with Crippen LogP contribution >= 0.6 is 0 Å². The minimum atomic E-state index is 0.0213. The van der Waals surface area contributed by atoms with Crippen LogP contribution in [0.2, 0.25) is 0 Å². The second kappa shape index (κ2) is 4.98. The third kappa shape index (κ3) is 2.64. The average molecular weight is 247 g/mol. The summed E-state index contributed by atoms with van der Waals surface area (Å²) in [5.74, 6) is 0.729. The number of aromatic nitrogens is 2. The average Bonchev–Trinajstić information content (AvgIpc) is 2.74. The van der Waals surface area contributed by atoms with E-state index in [4.69, 9.17) is 4.74 Å². The van der Waals surface area contributed by atoms with Crippen molar-refractivity contribution in [3.8, 4) is 5.88 Å². The van der Waals surface area contributed by atoms with Crippen LogP contribution in [0.25, 0.3) is 11.0 Å². The topological polar surface area (TPSA) is 49.9 Å². The normalized spacial score (nSPS) is 12.0. The number of hydrogen-bond acceptors (Lipinski definition) is 3. The van der Waals surface area contributed by atoms with E-state index in [9.17, 15) is 0 Å². The second-order valence-corrected chi connectivity index (χ2v) is 5.46. The summed E-state index contributed by atoms with van der Waals surface area (Å²) in [7, 11) is 1.91. The van der Waals surface area contributed by atoms with Gasteiger partial charge in [0.25, 0.3) is 0 Å². The summed E-state index contributed by atoms with van der Waals surface area (Å²) in [6.45, 7) is 7.96. The van der Waals surface area contributed by atoms with Crippen molar-refractivity contribution in [2.24, 2.45) is 0 Å². The summed E-state index contributed by atoms with van der Waals surface area (Å²) in [5, 5.41) is 4.19. The van der Waals surface area contributed by atoms with Gasteiger partial charge in [-0.05, 0) is 24.6 Å². The number of nitrogens with one attached hydrogen (secondary N) is 2. The first-order valence-corrected chi connectivity index (χ1v) is 6.28. The molecule has 98 valence electrons. The number of fused-ring (bicyclic) bond motifs is 1. The molecule has 0 unspecified atom stereocenters. The van der Waals surface area contributed by atoms with Crippen molar-refractivity contribution in [2.45, 2.75) is 26.2 Å². The van der Waals surface area contributed by atoms with E-state index in [0.29, 0.717) is 6.61 Å². The molecule has 0 aliphatic rings. The number of likely N-dealkylation sites (N-methyl/N-ethyl adjacent to an activating group) is 1. The fourth-order valence-electron chi connectivity index (χ4n) is 1.86. The van der Waals surface area contributed by atoms with Crippen molar-refractivity contribution in [2.75, 3.05) is 20.2 Å². The van der Waals surface area contributed by atoms with E-state index in [1.54, 1.807) is 0 Å². The highest BCUT2D eigenvalue weighted by atomic mass is 16.5. The van der Waals surface area contributed by atoms with E-state index in [0.717, 1.165) is 29.0 Å². The number of rotatable bonds is 4. The lowest BCUT2D eigenvalue weighted by atomic mass is 9.87. The minimum absolute atomic E-state index is 0.0213. The highest BCUT2D eigenvalue weighted by Gasteiger charge is 2.21. The Hall–Kier alpha value is -1.55. The predicted molar refractivity (Wildman–Crippen MR) is 74.2 cm³/mol. The predicted octanol–water partition coefficient (Wildman–Crippen LogP) is 2.46. The minimum Gasteiger partial charge on any atom is -0.476 e. The van der Waals surface area contributed by atoms with Gasteiger partial charge in [-0.2, -0.15) is 4.98 Å². The Labute approximate surface area is 108 Å². The van der Waals surface area contributed by atoms with E-state index in [1.807, 2.05) is 19.3 Å². The molecule has 0 bridgehead atoms. The van der Waals surface area contributed by atoms with Gasteiger partial charge >= 0.3 is 0 Å². The molecule has 2 rings (SSSR count). The van der Waals surface area contributed by atoms with Crippen LogP contribution < -0.4 is 10.1 Å². The van der Waals surface area contributed by atoms with Gasteiger partial charge in [-0.15, -0.1) is 0 Å². The van der Waals surface area contributed by atoms with Gasteiger partial charge in [0, 0.05) is 23.7 Å². The van der Waals surface area contributed by atoms with E-state index in [1.165, 1.54) is 0 Å². The van der Waals surface area contributed by atoms with E-state index in [-0.39, 0.29) is 5.41 Å². The number of aromatic amines is 1. The molecule has 0 amide bonds. The quantitative estimate of drug-likeness (QED) is 0.816. The number of H-pyrrole nitrogens is 1. The molecule has 0 radical (unpaired) electrons. The fourth-order valence-corrected chi connectivity index (χ4v) is 1.86. The molecule has 2 heterocycles. The van der Waals surface area contributed by atoms with Crippen molar-refractivity contribution >= 4 is 11.0 Å². The van der Waals surface area contributed by atoms with Gasteiger partial charge in [-0.3, -0.25) is 0 Å². The molecule has 0 aliphatic heterocycles. The van der Waals surface area contributed by atoms with Crippen LogP contribution in [0.1, 0.15) is 26.3 Å². The molecule has 2 aromatic heterocycles. The lowest BCUT2D eigenvalue weighted by Gasteiger charge is -2.22. The standard InChI is InChI=1S/C14H21N3O/c1-14(2,3)11-9-10-5-6-16-12(10)17-13(11)18-8-7-15-4/h5-6,9,15H,7-8H2,1-4H3,(H,16,17). The Morgan fingerprint density at radius 2 is 2.17 bits per heavy atom. The molecular formula is C14H21N3O. The fraction of sp³-hybridized carbons (Fsp3) is 0.500. The van der Waals surface area contributed by atoms with Gasteiger partial charge in [0.05, 0.1) is 0 Å². The molecular weight excluding hydrogens is 226 g/mol. The monoisotopic (exact) mass is 247 g/mol. The number of ether oxygens (including phenoxy) is 1. The van der Waals surface area contributed by atoms with Crippen LogP contribution in [-0.4, -0.2) is 30.2 Å². The number of nitrogens with zero attached hydrogens (tertiary/aromatic N) is 1. The molecule has 4 nitrogen and oxygen atoms in total. The maximum Gasteiger partial charge on any atom is 0.219 e. The summed E-state index contributed by atoms with van der Waals surface area (Å²) in [4.78, 5) is 7.69. The lowest BCUT2D eigenvalue weighted by molar-refractivity contribution is 0.298. The van der Waals surface area contributed by atoms with E-state index in [2.05, 4.69) is 42.1 Å². The van der Waals surface area contributed by atoms with Crippen molar-refractivity contribution < 1.29 is 4.74 Å². The second-order valence-electron chi connectivity index (χ2n) is 5.46. The van der Waals surface area contributed by atoms with Crippen molar-refractivity contribution in [3.05, 3.63) is 23.9 Å². The summed E-state index contributed by atoms with van der Waals surface area (Å²) in [6, 6.07) is 4.20. The van der Waals surface area contributed by atoms with Gasteiger partial charge in [0.15, 0.2) is 0 Å². The third-order valence-electron chi connectivity index (χ3n) is 2.90. The van der Waals surface area contributed by atoms with Gasteiger partial charge in [-0.1, -0.05) is 20.8 Å². The Balaban J connectivity index is 2.39. The molecule has 0 atom stereocenters. The van der Waals surface area contributed by atoms with Crippen LogP contribution in [0.5, 0.6) is 5.88 Å². The first kappa shape index (κ1) is 12.9. The van der Waals surface area contributed by atoms with Gasteiger partial charge in [-0.25, -0.2) is 0 Å². The van der Waals surface area contributed by atoms with Crippen molar-refractivity contribution in [1.29, 1.82) is 0 Å². The largest absolute Gasteiger partial charge is 0.476 e. The molecule has 0 fully saturated rings. The molecule has 0 aliphatic carbocycles. The summed E-state index contributed by atoms with van der Waals surface area (Å²) >= 11 is 0. The van der Waals surface area contributed by atoms with Crippen LogP contribution in [0.3, 0.4) is 0 Å². The van der Waals surface area contributed by atoms with E-state index < -0.39 is 0 Å². The first-order chi connectivity index (χ1) is 8.52. The zero-order valence-electron chi connectivity index (χ0n) is 11.5. The number of pyridine rings is 1. The summed E-state index contributed by atoms with van der Waals surface area (Å²) < 4.78 is 5.79. The van der Waals surface area contributed by atoms with Crippen LogP contribution in [0, 0.1) is 0 Å². The molecule has 18 heavy (non-hydrogen) atoms. The molecule has 2 N–H and O–H groups in total. The summed E-state index contributed by atoms with van der Waals surface area (Å²) in [5.41, 5.74) is 2.04. The third-order valence-corrected chi connectivity index (χ3v) is 2.90. The molecule has 0 saturated carbocycles. The Kier molecular flexibility index (Phi) is 3.57. The van der Waals surface area contributed by atoms with Crippen LogP contribution in [-0.2, 0) is 5.41 Å². The zero-order valence-corrected chi connectivity index (χ0v) is 11.5. The van der Waals surface area contributed by atoms with E-state index >= 15 is 0 Å². The van der Waals surface area contributed by atoms with Gasteiger partial charge < -0.3 is 15.0 Å². The summed E-state index contributed by atoms with van der Waals surface area (Å²) in [6.07, 6.45) is 1.90. The maximum atomic E-state index is 5.79. The van der Waals surface area contributed by atoms with Crippen molar-refractivity contribution in [3.63, 3.8) is 0 Å². The Morgan fingerprint density at radius 1 is 1.39 bits per heavy atom. The smallest absolute Gasteiger partial charge is 0.219 e. The molecule has 4 heteroatoms.